The zero-order valence-electron chi connectivity index (χ0n) is 12.8. The van der Waals surface area contributed by atoms with E-state index < -0.39 is 0 Å². The first-order valence-corrected chi connectivity index (χ1v) is 7.38. The Morgan fingerprint density at radius 3 is 2.78 bits per heavy atom. The van der Waals surface area contributed by atoms with Gasteiger partial charge in [-0.2, -0.15) is 9.50 Å². The summed E-state index contributed by atoms with van der Waals surface area (Å²) in [5.41, 5.74) is 2.62. The second-order valence-electron chi connectivity index (χ2n) is 5.28. The standard InChI is InChI=1S/C16H14N6O/c1-3-11-6-4-5-7-12(11)21-9-8-13-14(15(21)23)18-19-16-17-10(2)20-22(13)16/h4-9H,3H2,1-2H3. The molecule has 7 nitrogen and oxygen atoms in total. The second kappa shape index (κ2) is 4.98. The number of aromatic nitrogens is 6. The highest BCUT2D eigenvalue weighted by Gasteiger charge is 2.13. The van der Waals surface area contributed by atoms with Crippen molar-refractivity contribution in [3.63, 3.8) is 0 Å². The highest BCUT2D eigenvalue weighted by Crippen LogP contribution is 2.15. The molecule has 0 bridgehead atoms. The Balaban J connectivity index is 2.05. The molecule has 0 fully saturated rings. The van der Waals surface area contributed by atoms with Crippen LogP contribution in [0.2, 0.25) is 0 Å². The molecule has 23 heavy (non-hydrogen) atoms. The molecule has 114 valence electrons. The molecule has 0 spiro atoms. The summed E-state index contributed by atoms with van der Waals surface area (Å²) in [6, 6.07) is 9.65. The number of pyridine rings is 1. The van der Waals surface area contributed by atoms with Crippen LogP contribution in [0.25, 0.3) is 22.5 Å². The minimum Gasteiger partial charge on any atom is -0.282 e. The molecule has 0 atom stereocenters. The van der Waals surface area contributed by atoms with Crippen LogP contribution in [-0.2, 0) is 6.42 Å². The van der Waals surface area contributed by atoms with Crippen molar-refractivity contribution < 1.29 is 0 Å². The lowest BCUT2D eigenvalue weighted by Crippen LogP contribution is -2.21. The predicted molar refractivity (Wildman–Crippen MR) is 85.8 cm³/mol. The van der Waals surface area contributed by atoms with E-state index in [1.54, 1.807) is 22.2 Å². The van der Waals surface area contributed by atoms with Gasteiger partial charge in [0, 0.05) is 6.20 Å². The van der Waals surface area contributed by atoms with Crippen LogP contribution in [0.15, 0.2) is 41.3 Å². The van der Waals surface area contributed by atoms with E-state index in [9.17, 15) is 4.79 Å². The van der Waals surface area contributed by atoms with Crippen LogP contribution in [0.5, 0.6) is 0 Å². The van der Waals surface area contributed by atoms with E-state index in [1.165, 1.54) is 0 Å². The minimum absolute atomic E-state index is 0.217. The fraction of sp³-hybridized carbons (Fsp3) is 0.188. The van der Waals surface area contributed by atoms with Gasteiger partial charge in [0.2, 0.25) is 0 Å². The Morgan fingerprint density at radius 2 is 1.96 bits per heavy atom. The van der Waals surface area contributed by atoms with Gasteiger partial charge >= 0.3 is 0 Å². The lowest BCUT2D eigenvalue weighted by molar-refractivity contribution is 0.900. The molecule has 0 aliphatic rings. The van der Waals surface area contributed by atoms with Gasteiger partial charge in [0.25, 0.3) is 11.3 Å². The third-order valence-electron chi connectivity index (χ3n) is 3.84. The summed E-state index contributed by atoms with van der Waals surface area (Å²) in [5, 5.41) is 12.3. The van der Waals surface area contributed by atoms with Gasteiger partial charge in [-0.05, 0) is 31.0 Å². The van der Waals surface area contributed by atoms with Crippen molar-refractivity contribution in [1.82, 2.24) is 29.4 Å². The molecule has 1 aromatic carbocycles. The van der Waals surface area contributed by atoms with Crippen LogP contribution in [0.4, 0.5) is 0 Å². The Bertz CT molecular complexity index is 1090. The molecule has 0 aliphatic heterocycles. The van der Waals surface area contributed by atoms with Crippen molar-refractivity contribution >= 4 is 16.8 Å². The third kappa shape index (κ3) is 2.01. The van der Waals surface area contributed by atoms with Gasteiger partial charge < -0.3 is 0 Å². The Kier molecular flexibility index (Phi) is 2.94. The maximum Gasteiger partial charge on any atom is 0.285 e. The van der Waals surface area contributed by atoms with Gasteiger partial charge in [0.1, 0.15) is 11.3 Å². The number of hydrogen-bond donors (Lipinski definition) is 0. The smallest absolute Gasteiger partial charge is 0.282 e. The Hall–Kier alpha value is -3.09. The van der Waals surface area contributed by atoms with Crippen LogP contribution in [0, 0.1) is 6.92 Å². The Labute approximate surface area is 131 Å². The van der Waals surface area contributed by atoms with Gasteiger partial charge in [-0.1, -0.05) is 25.1 Å². The van der Waals surface area contributed by atoms with Crippen molar-refractivity contribution in [1.29, 1.82) is 0 Å². The molecular formula is C16H14N6O. The van der Waals surface area contributed by atoms with E-state index in [4.69, 9.17) is 0 Å². The summed E-state index contributed by atoms with van der Waals surface area (Å²) >= 11 is 0. The summed E-state index contributed by atoms with van der Waals surface area (Å²) in [6.07, 6.45) is 2.59. The molecule has 4 aromatic rings. The number of para-hydroxylation sites is 1. The molecule has 4 rings (SSSR count). The zero-order valence-corrected chi connectivity index (χ0v) is 12.8. The van der Waals surface area contributed by atoms with Crippen molar-refractivity contribution in [2.45, 2.75) is 20.3 Å². The SMILES string of the molecule is CCc1ccccc1-n1ccc2c(nnc3nc(C)nn32)c1=O. The van der Waals surface area contributed by atoms with E-state index >= 15 is 0 Å². The molecule has 0 amide bonds. The maximum atomic E-state index is 12.8. The maximum absolute atomic E-state index is 12.8. The lowest BCUT2D eigenvalue weighted by Gasteiger charge is -2.11. The molecule has 7 heteroatoms. The molecule has 0 saturated heterocycles. The molecule has 3 heterocycles. The van der Waals surface area contributed by atoms with E-state index in [-0.39, 0.29) is 11.1 Å². The van der Waals surface area contributed by atoms with Crippen LogP contribution < -0.4 is 5.56 Å². The summed E-state index contributed by atoms with van der Waals surface area (Å²) in [7, 11) is 0. The number of nitrogens with zero attached hydrogens (tertiary/aromatic N) is 6. The molecular weight excluding hydrogens is 292 g/mol. The first kappa shape index (κ1) is 13.6. The zero-order chi connectivity index (χ0) is 16.0. The van der Waals surface area contributed by atoms with Crippen LogP contribution in [0.1, 0.15) is 18.3 Å². The van der Waals surface area contributed by atoms with E-state index in [1.807, 2.05) is 30.3 Å². The topological polar surface area (TPSA) is 78.0 Å². The minimum atomic E-state index is -0.217. The second-order valence-corrected chi connectivity index (χ2v) is 5.28. The number of hydrogen-bond acceptors (Lipinski definition) is 5. The van der Waals surface area contributed by atoms with Crippen molar-refractivity contribution in [2.24, 2.45) is 0 Å². The van der Waals surface area contributed by atoms with Crippen molar-refractivity contribution in [3.05, 3.63) is 58.3 Å². The fourth-order valence-electron chi connectivity index (χ4n) is 2.74. The summed E-state index contributed by atoms with van der Waals surface area (Å²) in [5.74, 6) is 0.980. The summed E-state index contributed by atoms with van der Waals surface area (Å²) in [4.78, 5) is 17.0. The third-order valence-corrected chi connectivity index (χ3v) is 3.84. The van der Waals surface area contributed by atoms with Gasteiger partial charge in [0.15, 0.2) is 5.52 Å². The average molecular weight is 306 g/mol. The largest absolute Gasteiger partial charge is 0.285 e. The molecule has 0 aliphatic carbocycles. The first-order valence-electron chi connectivity index (χ1n) is 7.38. The van der Waals surface area contributed by atoms with Gasteiger partial charge in [-0.3, -0.25) is 9.36 Å². The highest BCUT2D eigenvalue weighted by molar-refractivity contribution is 5.74. The average Bonchev–Trinajstić information content (AvgIpc) is 2.96. The van der Waals surface area contributed by atoms with E-state index in [0.29, 0.717) is 17.1 Å². The Morgan fingerprint density at radius 1 is 1.13 bits per heavy atom. The summed E-state index contributed by atoms with van der Waals surface area (Å²) in [6.45, 7) is 3.84. The van der Waals surface area contributed by atoms with E-state index in [0.717, 1.165) is 17.7 Å². The molecule has 3 aromatic heterocycles. The monoisotopic (exact) mass is 306 g/mol. The van der Waals surface area contributed by atoms with Crippen LogP contribution in [-0.4, -0.2) is 29.4 Å². The van der Waals surface area contributed by atoms with Crippen LogP contribution >= 0.6 is 0 Å². The highest BCUT2D eigenvalue weighted by atomic mass is 16.1. The number of rotatable bonds is 2. The normalized spacial score (nSPS) is 11.4. The predicted octanol–water partition coefficient (Wildman–Crippen LogP) is 1.69. The lowest BCUT2D eigenvalue weighted by atomic mass is 10.1. The van der Waals surface area contributed by atoms with Gasteiger partial charge in [0.05, 0.1) is 5.69 Å². The summed E-state index contributed by atoms with van der Waals surface area (Å²) < 4.78 is 3.15. The molecule has 0 saturated carbocycles. The molecule has 0 radical (unpaired) electrons. The molecule has 0 N–H and O–H groups in total. The number of aryl methyl sites for hydroxylation is 2. The van der Waals surface area contributed by atoms with Gasteiger partial charge in [-0.25, -0.2) is 0 Å². The number of benzene rings is 1. The van der Waals surface area contributed by atoms with Crippen molar-refractivity contribution in [2.75, 3.05) is 0 Å². The molecule has 0 unspecified atom stereocenters. The van der Waals surface area contributed by atoms with E-state index in [2.05, 4.69) is 27.2 Å². The van der Waals surface area contributed by atoms with Gasteiger partial charge in [-0.15, -0.1) is 15.3 Å². The fourth-order valence-corrected chi connectivity index (χ4v) is 2.74. The van der Waals surface area contributed by atoms with Crippen LogP contribution in [0.3, 0.4) is 0 Å². The number of fused-ring (bicyclic) bond motifs is 3. The first-order chi connectivity index (χ1) is 11.2. The quantitative estimate of drug-likeness (QED) is 0.563. The van der Waals surface area contributed by atoms with Crippen molar-refractivity contribution in [3.8, 4) is 5.69 Å².